The van der Waals surface area contributed by atoms with Crippen LogP contribution >= 0.6 is 0 Å². The molecule has 0 unspecified atom stereocenters. The molecular formula is C11H19N5O. The molecule has 1 aliphatic heterocycles. The van der Waals surface area contributed by atoms with E-state index in [1.165, 1.54) is 0 Å². The highest BCUT2D eigenvalue weighted by atomic mass is 16.3. The summed E-state index contributed by atoms with van der Waals surface area (Å²) in [5, 5.41) is 8.88. The average Bonchev–Trinajstić information content (AvgIpc) is 2.40. The molecule has 2 heterocycles. The molecule has 94 valence electrons. The summed E-state index contributed by atoms with van der Waals surface area (Å²) in [6.07, 6.45) is 1.75. The van der Waals surface area contributed by atoms with E-state index in [0.717, 1.165) is 38.4 Å². The normalized spacial score (nSPS) is 17.2. The molecule has 1 aromatic heterocycles. The van der Waals surface area contributed by atoms with Crippen molar-refractivity contribution >= 4 is 11.5 Å². The second-order valence-corrected chi connectivity index (χ2v) is 4.10. The maximum Gasteiger partial charge on any atom is 0.141 e. The third-order valence-corrected chi connectivity index (χ3v) is 3.05. The first-order valence-electron chi connectivity index (χ1n) is 5.84. The quantitative estimate of drug-likeness (QED) is 0.483. The predicted molar refractivity (Wildman–Crippen MR) is 67.8 cm³/mol. The number of hydrogen-bond donors (Lipinski definition) is 3. The highest BCUT2D eigenvalue weighted by molar-refractivity contribution is 5.53. The van der Waals surface area contributed by atoms with Gasteiger partial charge >= 0.3 is 0 Å². The van der Waals surface area contributed by atoms with E-state index >= 15 is 0 Å². The van der Waals surface area contributed by atoms with Crippen molar-refractivity contribution in [2.45, 2.75) is 0 Å². The van der Waals surface area contributed by atoms with Crippen LogP contribution in [-0.4, -0.2) is 54.3 Å². The van der Waals surface area contributed by atoms with E-state index in [4.69, 9.17) is 10.9 Å². The van der Waals surface area contributed by atoms with Crippen LogP contribution in [0.3, 0.4) is 0 Å². The predicted octanol–water partition coefficient (Wildman–Crippen LogP) is -0.518. The molecule has 0 aromatic carbocycles. The number of nitrogen functional groups attached to an aromatic ring is 1. The van der Waals surface area contributed by atoms with E-state index in [9.17, 15) is 0 Å². The number of piperazine rings is 1. The SMILES string of the molecule is NNc1cc(N2CCN(CCO)CC2)ccn1. The van der Waals surface area contributed by atoms with Gasteiger partial charge in [0.2, 0.25) is 0 Å². The van der Waals surface area contributed by atoms with Gasteiger partial charge in [0.15, 0.2) is 0 Å². The van der Waals surface area contributed by atoms with E-state index in [1.807, 2.05) is 12.1 Å². The largest absolute Gasteiger partial charge is 0.395 e. The molecule has 4 N–H and O–H groups in total. The highest BCUT2D eigenvalue weighted by Crippen LogP contribution is 2.18. The third kappa shape index (κ3) is 3.06. The Bertz CT molecular complexity index is 351. The lowest BCUT2D eigenvalue weighted by molar-refractivity contribution is 0.189. The number of aliphatic hydroxyl groups excluding tert-OH is 1. The summed E-state index contributed by atoms with van der Waals surface area (Å²) in [5.41, 5.74) is 3.69. The number of hydrogen-bond acceptors (Lipinski definition) is 6. The Morgan fingerprint density at radius 1 is 1.35 bits per heavy atom. The molecule has 2 rings (SSSR count). The van der Waals surface area contributed by atoms with E-state index in [2.05, 4.69) is 20.2 Å². The van der Waals surface area contributed by atoms with Crippen molar-refractivity contribution < 1.29 is 5.11 Å². The van der Waals surface area contributed by atoms with Gasteiger partial charge in [-0.1, -0.05) is 0 Å². The van der Waals surface area contributed by atoms with Crippen LogP contribution in [0.4, 0.5) is 11.5 Å². The zero-order valence-electron chi connectivity index (χ0n) is 9.84. The molecule has 0 atom stereocenters. The van der Waals surface area contributed by atoms with Crippen molar-refractivity contribution in [3.8, 4) is 0 Å². The summed E-state index contributed by atoms with van der Waals surface area (Å²) in [5.74, 6) is 6.02. The molecule has 1 saturated heterocycles. The van der Waals surface area contributed by atoms with E-state index < -0.39 is 0 Å². The fourth-order valence-electron chi connectivity index (χ4n) is 2.07. The summed E-state index contributed by atoms with van der Waals surface area (Å²) < 4.78 is 0. The summed E-state index contributed by atoms with van der Waals surface area (Å²) >= 11 is 0. The van der Waals surface area contributed by atoms with Gasteiger partial charge in [0.25, 0.3) is 0 Å². The molecule has 0 amide bonds. The standard InChI is InChI=1S/C11H19N5O/c12-14-11-9-10(1-2-13-11)16-5-3-15(4-6-16)7-8-17/h1-2,9,17H,3-8,12H2,(H,13,14). The molecule has 1 aliphatic rings. The van der Waals surface area contributed by atoms with Crippen molar-refractivity contribution in [3.63, 3.8) is 0 Å². The van der Waals surface area contributed by atoms with Crippen LogP contribution in [0, 0.1) is 0 Å². The monoisotopic (exact) mass is 237 g/mol. The lowest BCUT2D eigenvalue weighted by Gasteiger charge is -2.35. The smallest absolute Gasteiger partial charge is 0.141 e. The number of rotatable bonds is 4. The topological polar surface area (TPSA) is 77.7 Å². The van der Waals surface area contributed by atoms with Crippen LogP contribution in [0.25, 0.3) is 0 Å². The molecule has 17 heavy (non-hydrogen) atoms. The number of nitrogens with one attached hydrogen (secondary N) is 1. The molecule has 6 heteroatoms. The molecule has 0 spiro atoms. The number of hydrazine groups is 1. The van der Waals surface area contributed by atoms with Crippen molar-refractivity contribution in [2.75, 3.05) is 49.7 Å². The Morgan fingerprint density at radius 3 is 2.76 bits per heavy atom. The number of aromatic nitrogens is 1. The van der Waals surface area contributed by atoms with E-state index in [-0.39, 0.29) is 6.61 Å². The molecular weight excluding hydrogens is 218 g/mol. The van der Waals surface area contributed by atoms with Gasteiger partial charge in [-0.15, -0.1) is 0 Å². The highest BCUT2D eigenvalue weighted by Gasteiger charge is 2.16. The van der Waals surface area contributed by atoms with Crippen LogP contribution in [0.1, 0.15) is 0 Å². The molecule has 0 saturated carbocycles. The maximum absolute atomic E-state index is 8.88. The van der Waals surface area contributed by atoms with Crippen LogP contribution in [0.5, 0.6) is 0 Å². The van der Waals surface area contributed by atoms with Gasteiger partial charge in [0, 0.05) is 50.7 Å². The van der Waals surface area contributed by atoms with Gasteiger partial charge in [-0.05, 0) is 6.07 Å². The number of nitrogens with two attached hydrogens (primary N) is 1. The van der Waals surface area contributed by atoms with Gasteiger partial charge in [-0.25, -0.2) is 10.8 Å². The van der Waals surface area contributed by atoms with Gasteiger partial charge < -0.3 is 15.4 Å². The summed E-state index contributed by atoms with van der Waals surface area (Å²) in [6, 6.07) is 3.93. The van der Waals surface area contributed by atoms with Crippen molar-refractivity contribution in [1.29, 1.82) is 0 Å². The van der Waals surface area contributed by atoms with Crippen molar-refractivity contribution in [2.24, 2.45) is 5.84 Å². The first kappa shape index (κ1) is 12.1. The molecule has 0 radical (unpaired) electrons. The first-order valence-corrected chi connectivity index (χ1v) is 5.84. The number of anilines is 2. The molecule has 0 aliphatic carbocycles. The molecule has 6 nitrogen and oxygen atoms in total. The minimum atomic E-state index is 0.233. The summed E-state index contributed by atoms with van der Waals surface area (Å²) in [4.78, 5) is 8.66. The number of pyridine rings is 1. The lowest BCUT2D eigenvalue weighted by Crippen LogP contribution is -2.47. The van der Waals surface area contributed by atoms with Crippen LogP contribution < -0.4 is 16.2 Å². The van der Waals surface area contributed by atoms with Gasteiger partial charge in [-0.3, -0.25) is 4.90 Å². The van der Waals surface area contributed by atoms with Crippen molar-refractivity contribution in [3.05, 3.63) is 18.3 Å². The second kappa shape index (κ2) is 5.81. The van der Waals surface area contributed by atoms with Crippen LogP contribution in [-0.2, 0) is 0 Å². The van der Waals surface area contributed by atoms with Gasteiger partial charge in [0.1, 0.15) is 5.82 Å². The van der Waals surface area contributed by atoms with E-state index in [0.29, 0.717) is 5.82 Å². The molecule has 0 bridgehead atoms. The molecule has 1 aromatic rings. The van der Waals surface area contributed by atoms with Gasteiger partial charge in [0.05, 0.1) is 6.61 Å². The Morgan fingerprint density at radius 2 is 2.12 bits per heavy atom. The second-order valence-electron chi connectivity index (χ2n) is 4.10. The Kier molecular flexibility index (Phi) is 4.13. The third-order valence-electron chi connectivity index (χ3n) is 3.05. The van der Waals surface area contributed by atoms with Crippen molar-refractivity contribution in [1.82, 2.24) is 9.88 Å². The Hall–Kier alpha value is -1.37. The number of aliphatic hydroxyl groups is 1. The fraction of sp³-hybridized carbons (Fsp3) is 0.545. The zero-order valence-corrected chi connectivity index (χ0v) is 9.84. The minimum Gasteiger partial charge on any atom is -0.395 e. The maximum atomic E-state index is 8.88. The Balaban J connectivity index is 1.95. The average molecular weight is 237 g/mol. The number of β-amino-alcohol motifs (C(OH)–C–C–N with tert-alkyl or cyclic N) is 1. The lowest BCUT2D eigenvalue weighted by atomic mass is 10.2. The summed E-state index contributed by atoms with van der Waals surface area (Å²) in [7, 11) is 0. The number of nitrogens with zero attached hydrogens (tertiary/aromatic N) is 3. The zero-order chi connectivity index (χ0) is 12.1. The van der Waals surface area contributed by atoms with Crippen LogP contribution in [0.2, 0.25) is 0 Å². The summed E-state index contributed by atoms with van der Waals surface area (Å²) in [6.45, 7) is 4.89. The first-order chi connectivity index (χ1) is 8.33. The van der Waals surface area contributed by atoms with Crippen LogP contribution in [0.15, 0.2) is 18.3 Å². The van der Waals surface area contributed by atoms with E-state index in [1.54, 1.807) is 6.20 Å². The Labute approximate surface area is 101 Å². The van der Waals surface area contributed by atoms with Gasteiger partial charge in [-0.2, -0.15) is 0 Å². The molecule has 1 fully saturated rings. The minimum absolute atomic E-state index is 0.233. The fourth-order valence-corrected chi connectivity index (χ4v) is 2.07.